The molecule has 4 aromatic rings. The molecule has 0 fully saturated rings. The minimum atomic E-state index is -0.598. The number of carbonyl (C=O) groups is 2. The van der Waals surface area contributed by atoms with Gasteiger partial charge in [-0.25, -0.2) is 9.78 Å². The van der Waals surface area contributed by atoms with Crippen molar-refractivity contribution in [2.24, 2.45) is 0 Å². The van der Waals surface area contributed by atoms with Gasteiger partial charge in [0.05, 0.1) is 24.1 Å². The van der Waals surface area contributed by atoms with Crippen molar-refractivity contribution in [1.82, 2.24) is 4.98 Å². The zero-order valence-corrected chi connectivity index (χ0v) is 17.4. The molecule has 8 heteroatoms. The minimum absolute atomic E-state index is 0.0144. The van der Waals surface area contributed by atoms with Crippen molar-refractivity contribution < 1.29 is 18.7 Å². The average molecular weight is 434 g/mol. The van der Waals surface area contributed by atoms with Crippen molar-refractivity contribution in [3.8, 4) is 11.1 Å². The number of ether oxygens (including phenoxy) is 1. The second-order valence-corrected chi connectivity index (χ2v) is 7.44. The molecule has 1 amide bonds. The van der Waals surface area contributed by atoms with E-state index in [4.69, 9.17) is 9.15 Å². The van der Waals surface area contributed by atoms with Gasteiger partial charge in [0, 0.05) is 16.3 Å². The van der Waals surface area contributed by atoms with Crippen LogP contribution >= 0.6 is 11.3 Å². The van der Waals surface area contributed by atoms with Gasteiger partial charge >= 0.3 is 11.6 Å². The second-order valence-electron chi connectivity index (χ2n) is 6.59. The molecule has 7 nitrogen and oxygen atoms in total. The normalized spacial score (nSPS) is 10.7. The number of rotatable bonds is 6. The van der Waals surface area contributed by atoms with E-state index < -0.39 is 17.5 Å². The van der Waals surface area contributed by atoms with Gasteiger partial charge in [0.25, 0.3) is 5.91 Å². The Morgan fingerprint density at radius 3 is 2.52 bits per heavy atom. The summed E-state index contributed by atoms with van der Waals surface area (Å²) in [4.78, 5) is 41.5. The van der Waals surface area contributed by atoms with Crippen molar-refractivity contribution >= 4 is 39.1 Å². The molecule has 0 atom stereocenters. The van der Waals surface area contributed by atoms with Gasteiger partial charge in [0.2, 0.25) is 5.76 Å². The van der Waals surface area contributed by atoms with Crippen LogP contribution in [-0.2, 0) is 16.0 Å². The Kier molecular flexibility index (Phi) is 5.90. The average Bonchev–Trinajstić information content (AvgIpc) is 3.21. The van der Waals surface area contributed by atoms with Gasteiger partial charge in [-0.05, 0) is 18.6 Å². The van der Waals surface area contributed by atoms with Gasteiger partial charge in [-0.2, -0.15) is 0 Å². The van der Waals surface area contributed by atoms with E-state index in [1.165, 1.54) is 11.3 Å². The fourth-order valence-corrected chi connectivity index (χ4v) is 3.92. The number of nitrogens with zero attached hydrogens (tertiary/aromatic N) is 1. The van der Waals surface area contributed by atoms with Gasteiger partial charge in [-0.1, -0.05) is 48.5 Å². The van der Waals surface area contributed by atoms with Crippen molar-refractivity contribution in [3.05, 3.63) is 81.9 Å². The molecule has 31 heavy (non-hydrogen) atoms. The maximum absolute atomic E-state index is 13.1. The third-order valence-corrected chi connectivity index (χ3v) is 5.32. The van der Waals surface area contributed by atoms with Gasteiger partial charge in [0.1, 0.15) is 0 Å². The Bertz CT molecular complexity index is 1310. The van der Waals surface area contributed by atoms with Gasteiger partial charge in [-0.15, -0.1) is 11.3 Å². The molecular weight excluding hydrogens is 416 g/mol. The minimum Gasteiger partial charge on any atom is -0.466 e. The molecule has 0 spiro atoms. The third kappa shape index (κ3) is 4.39. The third-order valence-electron chi connectivity index (χ3n) is 4.51. The molecule has 0 radical (unpaired) electrons. The standard InChI is InChI=1S/C23H18N2O5S/c1-2-29-18(26)12-15-13-31-23(24-15)25-21(27)20-19(14-8-4-3-5-9-14)16-10-6-7-11-17(16)22(28)30-20/h3-11,13H,2,12H2,1H3,(H,24,25,27). The number of hydrogen-bond donors (Lipinski definition) is 1. The quantitative estimate of drug-likeness (QED) is 0.455. The number of fused-ring (bicyclic) bond motifs is 1. The van der Waals surface area contributed by atoms with E-state index in [9.17, 15) is 14.4 Å². The van der Waals surface area contributed by atoms with Crippen LogP contribution < -0.4 is 10.9 Å². The molecule has 2 aromatic heterocycles. The monoisotopic (exact) mass is 434 g/mol. The number of hydrogen-bond acceptors (Lipinski definition) is 7. The first-order chi connectivity index (χ1) is 15.1. The summed E-state index contributed by atoms with van der Waals surface area (Å²) < 4.78 is 10.4. The molecule has 0 unspecified atom stereocenters. The van der Waals surface area contributed by atoms with Crippen LogP contribution in [0, 0.1) is 0 Å². The van der Waals surface area contributed by atoms with E-state index in [1.54, 1.807) is 36.6 Å². The number of esters is 1. The van der Waals surface area contributed by atoms with Crippen molar-refractivity contribution in [2.45, 2.75) is 13.3 Å². The lowest BCUT2D eigenvalue weighted by molar-refractivity contribution is -0.142. The van der Waals surface area contributed by atoms with Crippen LogP contribution in [0.4, 0.5) is 5.13 Å². The summed E-state index contributed by atoms with van der Waals surface area (Å²) in [5.74, 6) is -1.09. The fourth-order valence-electron chi connectivity index (χ4n) is 3.21. The zero-order chi connectivity index (χ0) is 21.8. The summed E-state index contributed by atoms with van der Waals surface area (Å²) in [6.07, 6.45) is 0.0144. The van der Waals surface area contributed by atoms with Crippen LogP contribution in [0.15, 0.2) is 69.2 Å². The van der Waals surface area contributed by atoms with Crippen molar-refractivity contribution in [2.75, 3.05) is 11.9 Å². The highest BCUT2D eigenvalue weighted by Gasteiger charge is 2.22. The number of thiazole rings is 1. The molecule has 2 heterocycles. The van der Waals surface area contributed by atoms with Crippen molar-refractivity contribution in [3.63, 3.8) is 0 Å². The predicted octanol–water partition coefficient (Wildman–Crippen LogP) is 4.27. The summed E-state index contributed by atoms with van der Waals surface area (Å²) in [6, 6.07) is 16.2. The first-order valence-electron chi connectivity index (χ1n) is 9.59. The lowest BCUT2D eigenvalue weighted by Gasteiger charge is -2.11. The van der Waals surface area contributed by atoms with E-state index >= 15 is 0 Å². The van der Waals surface area contributed by atoms with E-state index in [2.05, 4.69) is 10.3 Å². The van der Waals surface area contributed by atoms with E-state index in [1.807, 2.05) is 30.3 Å². The molecule has 4 rings (SSSR count). The lowest BCUT2D eigenvalue weighted by atomic mass is 9.98. The Morgan fingerprint density at radius 1 is 1.06 bits per heavy atom. The van der Waals surface area contributed by atoms with Gasteiger partial charge < -0.3 is 9.15 Å². The topological polar surface area (TPSA) is 98.5 Å². The van der Waals surface area contributed by atoms with Crippen LogP contribution in [0.25, 0.3) is 21.9 Å². The van der Waals surface area contributed by atoms with Gasteiger partial charge in [-0.3, -0.25) is 14.9 Å². The molecular formula is C23H18N2O5S. The van der Waals surface area contributed by atoms with Crippen LogP contribution in [0.2, 0.25) is 0 Å². The number of aromatic nitrogens is 1. The summed E-state index contributed by atoms with van der Waals surface area (Å²) >= 11 is 1.17. The van der Waals surface area contributed by atoms with E-state index in [0.29, 0.717) is 27.2 Å². The molecule has 1 N–H and O–H groups in total. The van der Waals surface area contributed by atoms with E-state index in [-0.39, 0.29) is 18.8 Å². The largest absolute Gasteiger partial charge is 0.466 e. The number of amides is 1. The Morgan fingerprint density at radius 2 is 1.77 bits per heavy atom. The first kappa shape index (κ1) is 20.5. The molecule has 0 saturated heterocycles. The van der Waals surface area contributed by atoms with Crippen LogP contribution in [0.3, 0.4) is 0 Å². The number of carbonyl (C=O) groups excluding carboxylic acids is 2. The number of nitrogens with one attached hydrogen (secondary N) is 1. The van der Waals surface area contributed by atoms with Crippen molar-refractivity contribution in [1.29, 1.82) is 0 Å². The summed E-state index contributed by atoms with van der Waals surface area (Å²) in [5, 5.41) is 5.64. The maximum Gasteiger partial charge on any atom is 0.344 e. The summed E-state index contributed by atoms with van der Waals surface area (Å²) in [7, 11) is 0. The van der Waals surface area contributed by atoms with Gasteiger partial charge in [0.15, 0.2) is 5.13 Å². The molecule has 0 bridgehead atoms. The molecule has 0 saturated carbocycles. The molecule has 156 valence electrons. The molecule has 0 aliphatic carbocycles. The first-order valence-corrected chi connectivity index (χ1v) is 10.5. The van der Waals surface area contributed by atoms with Crippen LogP contribution in [0.1, 0.15) is 23.2 Å². The number of anilines is 1. The Labute approximate surface area is 181 Å². The lowest BCUT2D eigenvalue weighted by Crippen LogP contribution is -2.17. The molecule has 0 aliphatic rings. The number of benzene rings is 2. The predicted molar refractivity (Wildman–Crippen MR) is 118 cm³/mol. The molecule has 2 aromatic carbocycles. The SMILES string of the molecule is CCOC(=O)Cc1csc(NC(=O)c2oc(=O)c3ccccc3c2-c2ccccc2)n1. The second kappa shape index (κ2) is 8.93. The summed E-state index contributed by atoms with van der Waals surface area (Å²) in [6.45, 7) is 2.02. The summed E-state index contributed by atoms with van der Waals surface area (Å²) in [5.41, 5.74) is 1.16. The molecule has 0 aliphatic heterocycles. The Balaban J connectivity index is 1.71. The van der Waals surface area contributed by atoms with Crippen LogP contribution in [0.5, 0.6) is 0 Å². The highest BCUT2D eigenvalue weighted by atomic mass is 32.1. The highest BCUT2D eigenvalue weighted by Crippen LogP contribution is 2.31. The Hall–Kier alpha value is -3.78. The zero-order valence-electron chi connectivity index (χ0n) is 16.6. The maximum atomic E-state index is 13.1. The smallest absolute Gasteiger partial charge is 0.344 e. The fraction of sp³-hybridized carbons (Fsp3) is 0.130. The van der Waals surface area contributed by atoms with Crippen LogP contribution in [-0.4, -0.2) is 23.5 Å². The highest BCUT2D eigenvalue weighted by molar-refractivity contribution is 7.14. The van der Waals surface area contributed by atoms with E-state index in [0.717, 1.165) is 5.56 Å².